The number of sulfonamides is 1. The van der Waals surface area contributed by atoms with E-state index < -0.39 is 10.0 Å². The van der Waals surface area contributed by atoms with Gasteiger partial charge in [-0.25, -0.2) is 4.83 Å². The molecule has 0 unspecified atom stereocenters. The zero-order valence-corrected chi connectivity index (χ0v) is 18.1. The van der Waals surface area contributed by atoms with Crippen molar-refractivity contribution in [2.24, 2.45) is 11.0 Å². The van der Waals surface area contributed by atoms with Crippen molar-refractivity contribution in [2.45, 2.75) is 25.7 Å². The molecule has 6 nitrogen and oxygen atoms in total. The van der Waals surface area contributed by atoms with E-state index in [4.69, 9.17) is 32.7 Å². The molecular formula is C19H22Cl2N2O4S. The molecule has 9 heteroatoms. The Kier molecular flexibility index (Phi) is 7.98. The lowest BCUT2D eigenvalue weighted by Crippen LogP contribution is -2.18. The highest BCUT2D eigenvalue weighted by Crippen LogP contribution is 2.36. The van der Waals surface area contributed by atoms with Gasteiger partial charge in [-0.05, 0) is 54.8 Å². The number of hydrazone groups is 1. The average Bonchev–Trinajstić information content (AvgIpc) is 2.61. The van der Waals surface area contributed by atoms with E-state index in [9.17, 15) is 8.42 Å². The lowest BCUT2D eigenvalue weighted by Gasteiger charge is -2.15. The van der Waals surface area contributed by atoms with Crippen molar-refractivity contribution in [3.8, 4) is 11.5 Å². The summed E-state index contributed by atoms with van der Waals surface area (Å²) in [5.41, 5.74) is 0.559. The molecule has 28 heavy (non-hydrogen) atoms. The van der Waals surface area contributed by atoms with E-state index >= 15 is 0 Å². The number of hydrogen-bond donors (Lipinski definition) is 1. The number of nitrogens with zero attached hydrogens (tertiary/aromatic N) is 1. The highest BCUT2D eigenvalue weighted by atomic mass is 35.5. The Morgan fingerprint density at radius 1 is 1.14 bits per heavy atom. The quantitative estimate of drug-likeness (QED) is 0.447. The van der Waals surface area contributed by atoms with Gasteiger partial charge in [-0.2, -0.15) is 13.5 Å². The van der Waals surface area contributed by atoms with Crippen LogP contribution in [0.3, 0.4) is 0 Å². The zero-order valence-electron chi connectivity index (χ0n) is 15.8. The summed E-state index contributed by atoms with van der Waals surface area (Å²) in [5, 5.41) is 4.61. The third kappa shape index (κ3) is 6.29. The minimum absolute atomic E-state index is 0.0551. The van der Waals surface area contributed by atoms with Crippen LogP contribution in [0.25, 0.3) is 0 Å². The van der Waals surface area contributed by atoms with Crippen molar-refractivity contribution < 1.29 is 17.9 Å². The summed E-state index contributed by atoms with van der Waals surface area (Å²) >= 11 is 12.1. The molecule has 1 N–H and O–H groups in total. The monoisotopic (exact) mass is 444 g/mol. The van der Waals surface area contributed by atoms with E-state index in [0.29, 0.717) is 46.2 Å². The standard InChI is InChI=1S/C19H22Cl2N2O4S/c1-4-26-18-10-14(9-17(21)19(18)27-12-13(2)3)11-22-23-28(24,25)16-7-5-15(20)6-8-16/h5-11,13,23H,4,12H2,1-3H3/b22-11+. The van der Waals surface area contributed by atoms with Crippen LogP contribution < -0.4 is 14.3 Å². The van der Waals surface area contributed by atoms with Gasteiger partial charge in [-0.1, -0.05) is 37.0 Å². The van der Waals surface area contributed by atoms with Gasteiger partial charge in [0.25, 0.3) is 10.0 Å². The first-order valence-corrected chi connectivity index (χ1v) is 10.9. The number of rotatable bonds is 9. The first-order valence-electron chi connectivity index (χ1n) is 8.62. The topological polar surface area (TPSA) is 77.0 Å². The molecule has 2 rings (SSSR count). The van der Waals surface area contributed by atoms with Crippen LogP contribution in [-0.4, -0.2) is 27.8 Å². The van der Waals surface area contributed by atoms with Crippen LogP contribution in [0.1, 0.15) is 26.3 Å². The van der Waals surface area contributed by atoms with Crippen molar-refractivity contribution in [1.82, 2.24) is 4.83 Å². The summed E-state index contributed by atoms with van der Waals surface area (Å²) in [6.45, 7) is 6.83. The lowest BCUT2D eigenvalue weighted by atomic mass is 10.2. The summed E-state index contributed by atoms with van der Waals surface area (Å²) < 4.78 is 35.8. The van der Waals surface area contributed by atoms with Gasteiger partial charge in [0.05, 0.1) is 29.3 Å². The molecule has 0 heterocycles. The largest absolute Gasteiger partial charge is 0.490 e. The Bertz CT molecular complexity index is 930. The van der Waals surface area contributed by atoms with Crippen LogP contribution in [-0.2, 0) is 10.0 Å². The van der Waals surface area contributed by atoms with Crippen LogP contribution in [0.2, 0.25) is 10.0 Å². The second-order valence-corrected chi connectivity index (χ2v) is 8.78. The van der Waals surface area contributed by atoms with Gasteiger partial charge in [0.2, 0.25) is 0 Å². The molecular weight excluding hydrogens is 423 g/mol. The molecule has 0 aromatic heterocycles. The third-order valence-corrected chi connectivity index (χ3v) is 5.17. The van der Waals surface area contributed by atoms with Gasteiger partial charge in [0.1, 0.15) is 0 Å². The van der Waals surface area contributed by atoms with E-state index in [1.54, 1.807) is 12.1 Å². The Balaban J connectivity index is 2.19. The maximum Gasteiger partial charge on any atom is 0.276 e. The van der Waals surface area contributed by atoms with Gasteiger partial charge in [-0.3, -0.25) is 0 Å². The van der Waals surface area contributed by atoms with E-state index in [1.807, 2.05) is 20.8 Å². The minimum atomic E-state index is -3.80. The van der Waals surface area contributed by atoms with Gasteiger partial charge in [-0.15, -0.1) is 0 Å². The molecule has 0 amide bonds. The molecule has 2 aromatic carbocycles. The molecule has 0 aliphatic heterocycles. The Labute approximate surface area is 175 Å². The second kappa shape index (κ2) is 10.0. The molecule has 0 saturated carbocycles. The third-order valence-electron chi connectivity index (χ3n) is 3.40. The van der Waals surface area contributed by atoms with E-state index in [1.165, 1.54) is 30.5 Å². The highest BCUT2D eigenvalue weighted by Gasteiger charge is 2.14. The van der Waals surface area contributed by atoms with Gasteiger partial charge < -0.3 is 9.47 Å². The highest BCUT2D eigenvalue weighted by molar-refractivity contribution is 7.89. The van der Waals surface area contributed by atoms with Crippen molar-refractivity contribution in [1.29, 1.82) is 0 Å². The maximum absolute atomic E-state index is 12.2. The summed E-state index contributed by atoms with van der Waals surface area (Å²) in [7, 11) is -3.80. The van der Waals surface area contributed by atoms with Crippen LogP contribution in [0.4, 0.5) is 0 Å². The molecule has 0 aliphatic carbocycles. The van der Waals surface area contributed by atoms with Crippen molar-refractivity contribution >= 4 is 39.4 Å². The van der Waals surface area contributed by atoms with Crippen molar-refractivity contribution in [2.75, 3.05) is 13.2 Å². The fraction of sp³-hybridized carbons (Fsp3) is 0.316. The predicted octanol–water partition coefficient (Wildman–Crippen LogP) is 4.74. The molecule has 2 aromatic rings. The summed E-state index contributed by atoms with van der Waals surface area (Å²) in [4.78, 5) is 2.21. The molecule has 0 atom stereocenters. The fourth-order valence-corrected chi connectivity index (χ4v) is 3.34. The molecule has 152 valence electrons. The first-order chi connectivity index (χ1) is 13.2. The van der Waals surface area contributed by atoms with Crippen molar-refractivity contribution in [3.05, 3.63) is 52.0 Å². The van der Waals surface area contributed by atoms with E-state index in [2.05, 4.69) is 9.93 Å². The van der Waals surface area contributed by atoms with Gasteiger partial charge in [0.15, 0.2) is 11.5 Å². The van der Waals surface area contributed by atoms with Gasteiger partial charge >= 0.3 is 0 Å². The maximum atomic E-state index is 12.2. The molecule has 0 spiro atoms. The summed E-state index contributed by atoms with van der Waals surface area (Å²) in [5.74, 6) is 1.25. The van der Waals surface area contributed by atoms with Crippen LogP contribution in [0.5, 0.6) is 11.5 Å². The molecule has 0 fully saturated rings. The SMILES string of the molecule is CCOc1cc(/C=N/NS(=O)(=O)c2ccc(Cl)cc2)cc(Cl)c1OCC(C)C. The fourth-order valence-electron chi connectivity index (χ4n) is 2.15. The number of nitrogens with one attached hydrogen (secondary N) is 1. The Morgan fingerprint density at radius 2 is 1.82 bits per heavy atom. The zero-order chi connectivity index (χ0) is 20.7. The summed E-state index contributed by atoms with van der Waals surface area (Å²) in [6.07, 6.45) is 1.34. The Hall–Kier alpha value is -1.96. The molecule has 0 radical (unpaired) electrons. The smallest absolute Gasteiger partial charge is 0.276 e. The summed E-state index contributed by atoms with van der Waals surface area (Å²) in [6, 6.07) is 9.08. The number of ether oxygens (including phenoxy) is 2. The number of hydrogen-bond acceptors (Lipinski definition) is 5. The predicted molar refractivity (Wildman–Crippen MR) is 112 cm³/mol. The average molecular weight is 445 g/mol. The molecule has 0 saturated heterocycles. The normalized spacial score (nSPS) is 11.8. The van der Waals surface area contributed by atoms with Crippen LogP contribution in [0.15, 0.2) is 46.4 Å². The minimum Gasteiger partial charge on any atom is -0.490 e. The van der Waals surface area contributed by atoms with E-state index in [-0.39, 0.29) is 4.90 Å². The lowest BCUT2D eigenvalue weighted by molar-refractivity contribution is 0.248. The van der Waals surface area contributed by atoms with Crippen LogP contribution in [0, 0.1) is 5.92 Å². The van der Waals surface area contributed by atoms with Crippen molar-refractivity contribution in [3.63, 3.8) is 0 Å². The van der Waals surface area contributed by atoms with E-state index in [0.717, 1.165) is 0 Å². The molecule has 0 aliphatic rings. The Morgan fingerprint density at radius 3 is 2.43 bits per heavy atom. The molecule has 0 bridgehead atoms. The second-order valence-electron chi connectivity index (χ2n) is 6.27. The first kappa shape index (κ1) is 22.3. The number of benzene rings is 2. The van der Waals surface area contributed by atoms with Crippen LogP contribution >= 0.6 is 23.2 Å². The number of halogens is 2. The van der Waals surface area contributed by atoms with Gasteiger partial charge in [0, 0.05) is 5.02 Å².